The lowest BCUT2D eigenvalue weighted by Gasteiger charge is -2.18. The molecular weight excluding hydrogens is 190 g/mol. The molecule has 1 aliphatic heterocycles. The first-order chi connectivity index (χ1) is 7.42. The number of hydrogen-bond donors (Lipinski definition) is 0. The maximum Gasteiger partial charge on any atom is 0.293 e. The van der Waals surface area contributed by atoms with E-state index < -0.39 is 0 Å². The van der Waals surface area contributed by atoms with E-state index in [0.29, 0.717) is 13.1 Å². The third kappa shape index (κ3) is 2.29. The summed E-state index contributed by atoms with van der Waals surface area (Å²) in [6.07, 6.45) is 2.03. The molecule has 80 valence electrons. The number of benzene rings is 1. The van der Waals surface area contributed by atoms with Crippen LogP contribution in [0.3, 0.4) is 0 Å². The van der Waals surface area contributed by atoms with Crippen molar-refractivity contribution < 1.29 is 9.53 Å². The highest BCUT2D eigenvalue weighted by Crippen LogP contribution is 2.27. The smallest absolute Gasteiger partial charge is 0.293 e. The molecule has 0 amide bonds. The molecule has 0 bridgehead atoms. The molecule has 0 fully saturated rings. The zero-order valence-electron chi connectivity index (χ0n) is 8.69. The Bertz CT molecular complexity index is 338. The lowest BCUT2D eigenvalue weighted by molar-refractivity contribution is -0.128. The van der Waals surface area contributed by atoms with Crippen molar-refractivity contribution >= 4 is 12.2 Å². The number of carbonyl (C=O) groups is 1. The summed E-state index contributed by atoms with van der Waals surface area (Å²) in [7, 11) is 0. The van der Waals surface area contributed by atoms with Crippen molar-refractivity contribution in [1.29, 1.82) is 0 Å². The van der Waals surface area contributed by atoms with Crippen LogP contribution in [0.5, 0.6) is 0 Å². The fourth-order valence-electron chi connectivity index (χ4n) is 2.03. The Morgan fingerprint density at radius 2 is 2.27 bits per heavy atom. The quantitative estimate of drug-likeness (QED) is 0.540. The summed E-state index contributed by atoms with van der Waals surface area (Å²) in [5, 5.41) is 0. The highest BCUT2D eigenvalue weighted by molar-refractivity contribution is 5.57. The van der Waals surface area contributed by atoms with Gasteiger partial charge < -0.3 is 9.64 Å². The van der Waals surface area contributed by atoms with Crippen LogP contribution in [0.15, 0.2) is 24.3 Å². The largest absolute Gasteiger partial charge is 0.468 e. The van der Waals surface area contributed by atoms with Crippen molar-refractivity contribution in [3.05, 3.63) is 29.8 Å². The van der Waals surface area contributed by atoms with E-state index in [1.807, 2.05) is 0 Å². The number of ether oxygens (including phenoxy) is 1. The Kier molecular flexibility index (Phi) is 3.22. The third-order valence-corrected chi connectivity index (χ3v) is 2.74. The van der Waals surface area contributed by atoms with Gasteiger partial charge in [-0.2, -0.15) is 0 Å². The van der Waals surface area contributed by atoms with Crippen molar-refractivity contribution in [2.24, 2.45) is 0 Å². The van der Waals surface area contributed by atoms with E-state index in [9.17, 15) is 4.79 Å². The molecule has 1 aliphatic rings. The van der Waals surface area contributed by atoms with Crippen molar-refractivity contribution in [3.8, 4) is 0 Å². The number of rotatable bonds is 5. The summed E-state index contributed by atoms with van der Waals surface area (Å²) in [5.41, 5.74) is 2.76. The van der Waals surface area contributed by atoms with E-state index in [2.05, 4.69) is 33.9 Å². The molecule has 3 nitrogen and oxygen atoms in total. The van der Waals surface area contributed by atoms with E-state index in [0.717, 1.165) is 25.9 Å². The monoisotopic (exact) mass is 205 g/mol. The van der Waals surface area contributed by atoms with Crippen LogP contribution in [0.1, 0.15) is 12.0 Å². The first-order valence-electron chi connectivity index (χ1n) is 5.30. The lowest BCUT2D eigenvalue weighted by atomic mass is 10.2. The molecule has 0 atom stereocenters. The molecule has 2 rings (SSSR count). The first-order valence-corrected chi connectivity index (χ1v) is 5.30. The Hall–Kier alpha value is -1.51. The van der Waals surface area contributed by atoms with Gasteiger partial charge in [-0.25, -0.2) is 0 Å². The van der Waals surface area contributed by atoms with Gasteiger partial charge in [0.1, 0.15) is 0 Å². The van der Waals surface area contributed by atoms with Gasteiger partial charge in [0.05, 0.1) is 6.61 Å². The van der Waals surface area contributed by atoms with Gasteiger partial charge in [0.2, 0.25) is 0 Å². The summed E-state index contributed by atoms with van der Waals surface area (Å²) in [5.74, 6) is 0. The molecule has 0 radical (unpaired) electrons. The maximum absolute atomic E-state index is 9.96. The Morgan fingerprint density at radius 1 is 1.40 bits per heavy atom. The van der Waals surface area contributed by atoms with Gasteiger partial charge in [-0.3, -0.25) is 4.79 Å². The van der Waals surface area contributed by atoms with Gasteiger partial charge in [0.15, 0.2) is 0 Å². The molecular formula is C12H15NO2. The Balaban J connectivity index is 1.88. The Morgan fingerprint density at radius 3 is 3.13 bits per heavy atom. The van der Waals surface area contributed by atoms with Crippen molar-refractivity contribution in [2.45, 2.75) is 12.8 Å². The fraction of sp³-hybridized carbons (Fsp3) is 0.417. The average molecular weight is 205 g/mol. The van der Waals surface area contributed by atoms with E-state index in [4.69, 9.17) is 0 Å². The standard InChI is InChI=1S/C12H15NO2/c14-10-15-9-3-7-13-8-6-11-4-1-2-5-12(11)13/h1-2,4-5,10H,3,6-9H2. The number of anilines is 1. The molecule has 0 aromatic heterocycles. The zero-order valence-corrected chi connectivity index (χ0v) is 8.69. The summed E-state index contributed by atoms with van der Waals surface area (Å²) in [6.45, 7) is 3.07. The van der Waals surface area contributed by atoms with E-state index in [1.165, 1.54) is 11.3 Å². The van der Waals surface area contributed by atoms with Crippen LogP contribution >= 0.6 is 0 Å². The second-order valence-electron chi connectivity index (χ2n) is 3.69. The molecule has 3 heteroatoms. The maximum atomic E-state index is 9.96. The van der Waals surface area contributed by atoms with Crippen LogP contribution in [0.2, 0.25) is 0 Å². The molecule has 1 heterocycles. The molecule has 0 aliphatic carbocycles. The zero-order chi connectivity index (χ0) is 10.5. The van der Waals surface area contributed by atoms with Gasteiger partial charge in [0.25, 0.3) is 6.47 Å². The molecule has 0 N–H and O–H groups in total. The van der Waals surface area contributed by atoms with Crippen molar-refractivity contribution in [2.75, 3.05) is 24.6 Å². The van der Waals surface area contributed by atoms with E-state index in [1.54, 1.807) is 0 Å². The van der Waals surface area contributed by atoms with Crippen molar-refractivity contribution in [1.82, 2.24) is 0 Å². The van der Waals surface area contributed by atoms with Gasteiger partial charge in [-0.05, 0) is 24.5 Å². The third-order valence-electron chi connectivity index (χ3n) is 2.74. The van der Waals surface area contributed by atoms with Crippen molar-refractivity contribution in [3.63, 3.8) is 0 Å². The average Bonchev–Trinajstić information content (AvgIpc) is 2.68. The van der Waals surface area contributed by atoms with Gasteiger partial charge in [0, 0.05) is 18.8 Å². The minimum atomic E-state index is 0.512. The summed E-state index contributed by atoms with van der Waals surface area (Å²) in [6, 6.07) is 8.48. The highest BCUT2D eigenvalue weighted by Gasteiger charge is 2.17. The molecule has 0 saturated carbocycles. The number of nitrogens with zero attached hydrogens (tertiary/aromatic N) is 1. The predicted molar refractivity (Wildman–Crippen MR) is 59.0 cm³/mol. The van der Waals surface area contributed by atoms with Crippen LogP contribution in [0.25, 0.3) is 0 Å². The highest BCUT2D eigenvalue weighted by atomic mass is 16.5. The number of hydrogen-bond acceptors (Lipinski definition) is 3. The molecule has 0 spiro atoms. The molecule has 15 heavy (non-hydrogen) atoms. The van der Waals surface area contributed by atoms with E-state index >= 15 is 0 Å². The van der Waals surface area contributed by atoms with Crippen LogP contribution in [0.4, 0.5) is 5.69 Å². The minimum absolute atomic E-state index is 0.512. The summed E-state index contributed by atoms with van der Waals surface area (Å²) in [4.78, 5) is 12.3. The Labute approximate surface area is 89.7 Å². The predicted octanol–water partition coefficient (Wildman–Crippen LogP) is 1.61. The van der Waals surface area contributed by atoms with Crippen LogP contribution in [-0.4, -0.2) is 26.2 Å². The minimum Gasteiger partial charge on any atom is -0.468 e. The summed E-state index contributed by atoms with van der Waals surface area (Å²) >= 11 is 0. The normalized spacial score (nSPS) is 13.7. The lowest BCUT2D eigenvalue weighted by Crippen LogP contribution is -2.22. The van der Waals surface area contributed by atoms with Gasteiger partial charge in [-0.15, -0.1) is 0 Å². The number of fused-ring (bicyclic) bond motifs is 1. The molecule has 0 saturated heterocycles. The number of carbonyl (C=O) groups excluding carboxylic acids is 1. The SMILES string of the molecule is O=COCCCN1CCc2ccccc21. The van der Waals surface area contributed by atoms with Gasteiger partial charge >= 0.3 is 0 Å². The molecule has 1 aromatic rings. The van der Waals surface area contributed by atoms with Crippen LogP contribution < -0.4 is 4.90 Å². The first kappa shape index (κ1) is 10.0. The number of para-hydroxylation sites is 1. The van der Waals surface area contributed by atoms with Gasteiger partial charge in [-0.1, -0.05) is 18.2 Å². The fourth-order valence-corrected chi connectivity index (χ4v) is 2.03. The van der Waals surface area contributed by atoms with Crippen LogP contribution in [0, 0.1) is 0 Å². The van der Waals surface area contributed by atoms with Crippen LogP contribution in [-0.2, 0) is 16.0 Å². The summed E-state index contributed by atoms with van der Waals surface area (Å²) < 4.78 is 4.67. The van der Waals surface area contributed by atoms with E-state index in [-0.39, 0.29) is 0 Å². The topological polar surface area (TPSA) is 29.5 Å². The second kappa shape index (κ2) is 4.82. The molecule has 0 unspecified atom stereocenters. The second-order valence-corrected chi connectivity index (χ2v) is 3.69. The molecule has 1 aromatic carbocycles.